The third kappa shape index (κ3) is 2.87. The molecule has 0 unspecified atom stereocenters. The summed E-state index contributed by atoms with van der Waals surface area (Å²) >= 11 is 0. The van der Waals surface area contributed by atoms with Crippen LogP contribution in [-0.2, 0) is 6.42 Å². The summed E-state index contributed by atoms with van der Waals surface area (Å²) in [5.41, 5.74) is 2.00. The zero-order valence-electron chi connectivity index (χ0n) is 15.4. The zero-order valence-corrected chi connectivity index (χ0v) is 15.4. The van der Waals surface area contributed by atoms with Gasteiger partial charge in [0.1, 0.15) is 11.4 Å². The van der Waals surface area contributed by atoms with Crippen molar-refractivity contribution >= 4 is 16.7 Å². The van der Waals surface area contributed by atoms with Crippen molar-refractivity contribution in [2.45, 2.75) is 31.3 Å². The largest absolute Gasteiger partial charge is 0.487 e. The first-order valence-corrected chi connectivity index (χ1v) is 9.78. The predicted molar refractivity (Wildman–Crippen MR) is 107 cm³/mol. The van der Waals surface area contributed by atoms with E-state index in [1.165, 1.54) is 5.56 Å². The van der Waals surface area contributed by atoms with E-state index in [1.807, 2.05) is 41.3 Å². The number of aryl methyl sites for hydroxylation is 1. The Balaban J connectivity index is 1.34. The maximum atomic E-state index is 13.2. The number of nitrogens with zero attached hydrogens (tertiary/aromatic N) is 1. The van der Waals surface area contributed by atoms with E-state index in [0.29, 0.717) is 0 Å². The molecule has 5 rings (SSSR count). The molecule has 0 bridgehead atoms. The average Bonchev–Trinajstić information content (AvgIpc) is 2.73. The molecule has 0 saturated carbocycles. The molecule has 1 fully saturated rings. The van der Waals surface area contributed by atoms with E-state index in [9.17, 15) is 4.79 Å². The van der Waals surface area contributed by atoms with Gasteiger partial charge < -0.3 is 9.64 Å². The van der Waals surface area contributed by atoms with Crippen LogP contribution in [0.3, 0.4) is 0 Å². The Labute approximate surface area is 159 Å². The monoisotopic (exact) mass is 357 g/mol. The number of carbonyl (C=O) groups is 1. The fourth-order valence-electron chi connectivity index (χ4n) is 4.51. The van der Waals surface area contributed by atoms with Crippen LogP contribution in [0.15, 0.2) is 66.7 Å². The minimum Gasteiger partial charge on any atom is -0.487 e. The molecule has 0 aromatic heterocycles. The van der Waals surface area contributed by atoms with Gasteiger partial charge in [0.15, 0.2) is 0 Å². The van der Waals surface area contributed by atoms with E-state index in [1.54, 1.807) is 0 Å². The number of rotatable bonds is 1. The van der Waals surface area contributed by atoms with E-state index in [-0.39, 0.29) is 11.5 Å². The van der Waals surface area contributed by atoms with Crippen molar-refractivity contribution in [3.63, 3.8) is 0 Å². The Bertz CT molecular complexity index is 997. The molecule has 3 nitrogen and oxygen atoms in total. The lowest BCUT2D eigenvalue weighted by Gasteiger charge is -2.44. The van der Waals surface area contributed by atoms with Crippen LogP contribution in [0.1, 0.15) is 35.2 Å². The smallest absolute Gasteiger partial charge is 0.254 e. The van der Waals surface area contributed by atoms with Crippen molar-refractivity contribution in [1.29, 1.82) is 0 Å². The maximum Gasteiger partial charge on any atom is 0.254 e. The van der Waals surface area contributed by atoms with Crippen LogP contribution in [-0.4, -0.2) is 29.5 Å². The highest BCUT2D eigenvalue weighted by atomic mass is 16.5. The summed E-state index contributed by atoms with van der Waals surface area (Å²) in [5, 5.41) is 2.15. The van der Waals surface area contributed by atoms with Crippen LogP contribution in [0.5, 0.6) is 5.75 Å². The van der Waals surface area contributed by atoms with Gasteiger partial charge in [0.2, 0.25) is 0 Å². The summed E-state index contributed by atoms with van der Waals surface area (Å²) in [4.78, 5) is 15.2. The summed E-state index contributed by atoms with van der Waals surface area (Å²) < 4.78 is 6.43. The molecular weight excluding hydrogens is 334 g/mol. The van der Waals surface area contributed by atoms with Gasteiger partial charge in [0, 0.05) is 31.5 Å². The van der Waals surface area contributed by atoms with Crippen molar-refractivity contribution < 1.29 is 9.53 Å². The number of benzene rings is 3. The Hall–Kier alpha value is -2.81. The van der Waals surface area contributed by atoms with Crippen LogP contribution in [0, 0.1) is 0 Å². The molecule has 1 spiro atoms. The topological polar surface area (TPSA) is 29.5 Å². The third-order valence-electron chi connectivity index (χ3n) is 6.13. The van der Waals surface area contributed by atoms with Gasteiger partial charge in [0.05, 0.1) is 0 Å². The van der Waals surface area contributed by atoms with Gasteiger partial charge >= 0.3 is 0 Å². The summed E-state index contributed by atoms with van der Waals surface area (Å²) in [7, 11) is 0. The number of fused-ring (bicyclic) bond motifs is 2. The number of para-hydroxylation sites is 1. The molecule has 27 heavy (non-hydrogen) atoms. The number of piperidine rings is 1. The Morgan fingerprint density at radius 3 is 2.48 bits per heavy atom. The molecule has 1 saturated heterocycles. The fourth-order valence-corrected chi connectivity index (χ4v) is 4.51. The average molecular weight is 357 g/mol. The molecule has 0 aliphatic carbocycles. The molecule has 136 valence electrons. The van der Waals surface area contributed by atoms with Crippen LogP contribution < -0.4 is 4.74 Å². The first kappa shape index (κ1) is 16.4. The minimum atomic E-state index is -0.107. The number of likely N-dealkylation sites (tertiary alicyclic amines) is 1. The highest BCUT2D eigenvalue weighted by Gasteiger charge is 2.40. The zero-order chi connectivity index (χ0) is 18.3. The molecule has 0 atom stereocenters. The molecule has 2 aliphatic rings. The normalized spacial score (nSPS) is 18.1. The Morgan fingerprint density at radius 2 is 1.59 bits per heavy atom. The second-order valence-electron chi connectivity index (χ2n) is 7.71. The summed E-state index contributed by atoms with van der Waals surface area (Å²) in [5.74, 6) is 1.16. The van der Waals surface area contributed by atoms with Gasteiger partial charge in [-0.2, -0.15) is 0 Å². The molecule has 3 aromatic rings. The van der Waals surface area contributed by atoms with Gasteiger partial charge in [-0.3, -0.25) is 4.79 Å². The number of hydrogen-bond acceptors (Lipinski definition) is 2. The molecule has 1 amide bonds. The van der Waals surface area contributed by atoms with Gasteiger partial charge in [-0.25, -0.2) is 0 Å². The standard InChI is InChI=1S/C24H23NO2/c26-23(21-10-5-8-18-6-1-3-9-20(18)21)25-16-14-24(15-17-25)13-12-19-7-2-4-11-22(19)27-24/h1-11H,12-17H2. The van der Waals surface area contributed by atoms with Crippen LogP contribution in [0.25, 0.3) is 10.8 Å². The lowest BCUT2D eigenvalue weighted by molar-refractivity contribution is -0.0106. The van der Waals surface area contributed by atoms with Gasteiger partial charge in [-0.05, 0) is 41.3 Å². The lowest BCUT2D eigenvalue weighted by Crippen LogP contribution is -2.51. The molecule has 2 heterocycles. The Kier molecular flexibility index (Phi) is 3.89. The van der Waals surface area contributed by atoms with Crippen LogP contribution in [0.4, 0.5) is 0 Å². The van der Waals surface area contributed by atoms with Gasteiger partial charge in [-0.1, -0.05) is 54.6 Å². The number of carbonyl (C=O) groups excluding carboxylic acids is 1. The van der Waals surface area contributed by atoms with Crippen molar-refractivity contribution in [2.75, 3.05) is 13.1 Å². The second-order valence-corrected chi connectivity index (χ2v) is 7.71. The van der Waals surface area contributed by atoms with Crippen molar-refractivity contribution in [1.82, 2.24) is 4.90 Å². The van der Waals surface area contributed by atoms with Crippen molar-refractivity contribution in [3.8, 4) is 5.75 Å². The highest BCUT2D eigenvalue weighted by Crippen LogP contribution is 2.39. The first-order chi connectivity index (χ1) is 13.2. The number of hydrogen-bond donors (Lipinski definition) is 0. The maximum absolute atomic E-state index is 13.2. The molecular formula is C24H23NO2. The third-order valence-corrected chi connectivity index (χ3v) is 6.13. The van der Waals surface area contributed by atoms with E-state index in [4.69, 9.17) is 4.74 Å². The second kappa shape index (κ2) is 6.41. The molecule has 0 N–H and O–H groups in total. The van der Waals surface area contributed by atoms with E-state index in [0.717, 1.165) is 60.9 Å². The van der Waals surface area contributed by atoms with Crippen molar-refractivity contribution in [2.24, 2.45) is 0 Å². The first-order valence-electron chi connectivity index (χ1n) is 9.78. The van der Waals surface area contributed by atoms with Gasteiger partial charge in [-0.15, -0.1) is 0 Å². The molecule has 3 aromatic carbocycles. The Morgan fingerprint density at radius 1 is 0.852 bits per heavy atom. The van der Waals surface area contributed by atoms with E-state index >= 15 is 0 Å². The molecule has 3 heteroatoms. The quantitative estimate of drug-likeness (QED) is 0.624. The summed E-state index contributed by atoms with van der Waals surface area (Å²) in [6.45, 7) is 1.51. The highest BCUT2D eigenvalue weighted by molar-refractivity contribution is 6.07. The van der Waals surface area contributed by atoms with Crippen LogP contribution in [0.2, 0.25) is 0 Å². The van der Waals surface area contributed by atoms with E-state index < -0.39 is 0 Å². The SMILES string of the molecule is O=C(c1cccc2ccccc12)N1CCC2(CCc3ccccc3O2)CC1. The van der Waals surface area contributed by atoms with E-state index in [2.05, 4.69) is 30.3 Å². The van der Waals surface area contributed by atoms with Crippen LogP contribution >= 0.6 is 0 Å². The minimum absolute atomic E-state index is 0.107. The van der Waals surface area contributed by atoms with Gasteiger partial charge in [0.25, 0.3) is 5.91 Å². The predicted octanol–water partition coefficient (Wildman–Crippen LogP) is 4.84. The summed E-state index contributed by atoms with van der Waals surface area (Å²) in [6, 6.07) is 22.4. The lowest BCUT2D eigenvalue weighted by atomic mass is 9.83. The fraction of sp³-hybridized carbons (Fsp3) is 0.292. The number of ether oxygens (including phenoxy) is 1. The number of amides is 1. The summed E-state index contributed by atoms with van der Waals surface area (Å²) in [6.07, 6.45) is 3.91. The van der Waals surface area contributed by atoms with Crippen molar-refractivity contribution in [3.05, 3.63) is 77.9 Å². The molecule has 0 radical (unpaired) electrons. The molecule has 2 aliphatic heterocycles.